The van der Waals surface area contributed by atoms with Crippen molar-refractivity contribution in [3.8, 4) is 0 Å². The molecule has 0 aromatic rings. The standard InChI is InChI=1S/C4H3F5IN/c1-11(10)3(6)2(5)4(7,8)9/h1H3/b3-2+. The summed E-state index contributed by atoms with van der Waals surface area (Å²) in [6.45, 7) is 0. The molecule has 0 heterocycles. The second-order valence-corrected chi connectivity index (χ2v) is 3.03. The van der Waals surface area contributed by atoms with E-state index in [-0.39, 0.29) is 0 Å². The molecule has 0 aliphatic carbocycles. The molecule has 0 N–H and O–H groups in total. The van der Waals surface area contributed by atoms with Gasteiger partial charge in [0.1, 0.15) is 0 Å². The third-order valence-electron chi connectivity index (χ3n) is 0.701. The van der Waals surface area contributed by atoms with Gasteiger partial charge in [-0.3, -0.25) is 3.11 Å². The molecule has 0 fully saturated rings. The molecular formula is C4H3F5IN. The molecule has 0 saturated carbocycles. The third-order valence-corrected chi connectivity index (χ3v) is 1.12. The molecule has 0 radical (unpaired) electrons. The van der Waals surface area contributed by atoms with Crippen LogP contribution >= 0.6 is 22.9 Å². The van der Waals surface area contributed by atoms with Gasteiger partial charge in [-0.05, 0) is 0 Å². The van der Waals surface area contributed by atoms with Crippen molar-refractivity contribution < 1.29 is 22.0 Å². The molecule has 0 atom stereocenters. The number of alkyl halides is 3. The minimum Gasteiger partial charge on any atom is -0.292 e. The van der Waals surface area contributed by atoms with Gasteiger partial charge in [0, 0.05) is 7.05 Å². The zero-order valence-corrected chi connectivity index (χ0v) is 7.37. The van der Waals surface area contributed by atoms with E-state index in [0.29, 0.717) is 3.11 Å². The van der Waals surface area contributed by atoms with Gasteiger partial charge in [0.05, 0.1) is 22.9 Å². The molecule has 0 saturated heterocycles. The molecule has 1 nitrogen and oxygen atoms in total. The van der Waals surface area contributed by atoms with Gasteiger partial charge >= 0.3 is 6.18 Å². The highest BCUT2D eigenvalue weighted by Gasteiger charge is 2.39. The van der Waals surface area contributed by atoms with Crippen LogP contribution in [-0.2, 0) is 0 Å². The van der Waals surface area contributed by atoms with E-state index in [1.807, 2.05) is 0 Å². The first-order chi connectivity index (χ1) is 4.76. The summed E-state index contributed by atoms with van der Waals surface area (Å²) in [7, 11) is 0.960. The number of nitrogens with zero attached hydrogens (tertiary/aromatic N) is 1. The molecule has 0 aromatic carbocycles. The lowest BCUT2D eigenvalue weighted by Crippen LogP contribution is -2.13. The van der Waals surface area contributed by atoms with Crippen molar-refractivity contribution in [2.75, 3.05) is 7.05 Å². The highest BCUT2D eigenvalue weighted by molar-refractivity contribution is 14.1. The van der Waals surface area contributed by atoms with Gasteiger partial charge in [-0.1, -0.05) is 0 Å². The maximum Gasteiger partial charge on any atom is 0.447 e. The maximum atomic E-state index is 12.1. The SMILES string of the molecule is CN(I)/C(F)=C(/F)C(F)(F)F. The monoisotopic (exact) mass is 287 g/mol. The van der Waals surface area contributed by atoms with Crippen molar-refractivity contribution in [3.05, 3.63) is 11.8 Å². The van der Waals surface area contributed by atoms with Crippen LogP contribution in [0.3, 0.4) is 0 Å². The number of halogens is 6. The normalized spacial score (nSPS) is 14.5. The van der Waals surface area contributed by atoms with Gasteiger partial charge < -0.3 is 0 Å². The van der Waals surface area contributed by atoms with Crippen LogP contribution in [0.2, 0.25) is 0 Å². The number of hydrogen-bond acceptors (Lipinski definition) is 1. The van der Waals surface area contributed by atoms with Gasteiger partial charge in [-0.15, -0.1) is 0 Å². The molecule has 0 unspecified atom stereocenters. The lowest BCUT2D eigenvalue weighted by Gasteiger charge is -2.09. The zero-order chi connectivity index (χ0) is 9.23. The fourth-order valence-corrected chi connectivity index (χ4v) is 0.464. The minimum atomic E-state index is -5.25. The Kier molecular flexibility index (Phi) is 3.52. The third kappa shape index (κ3) is 3.21. The summed E-state index contributed by atoms with van der Waals surface area (Å²) in [6.07, 6.45) is -5.25. The van der Waals surface area contributed by atoms with Crippen LogP contribution in [0.4, 0.5) is 22.0 Å². The average molecular weight is 287 g/mol. The summed E-state index contributed by atoms with van der Waals surface area (Å²) in [5.41, 5.74) is 0. The van der Waals surface area contributed by atoms with Gasteiger partial charge in [0.15, 0.2) is 0 Å². The molecular weight excluding hydrogens is 284 g/mol. The summed E-state index contributed by atoms with van der Waals surface area (Å²) in [5.74, 6) is -4.65. The molecule has 0 aliphatic heterocycles. The van der Waals surface area contributed by atoms with Crippen LogP contribution < -0.4 is 0 Å². The second-order valence-electron chi connectivity index (χ2n) is 1.58. The predicted octanol–water partition coefficient (Wildman–Crippen LogP) is 2.94. The van der Waals surface area contributed by atoms with Gasteiger partial charge in [-0.2, -0.15) is 22.0 Å². The zero-order valence-electron chi connectivity index (χ0n) is 5.22. The number of hydrogen-bond donors (Lipinski definition) is 0. The van der Waals surface area contributed by atoms with Crippen molar-refractivity contribution in [2.45, 2.75) is 6.18 Å². The maximum absolute atomic E-state index is 12.1. The van der Waals surface area contributed by atoms with E-state index in [1.165, 1.54) is 22.9 Å². The van der Waals surface area contributed by atoms with Crippen LogP contribution in [0.15, 0.2) is 11.8 Å². The Morgan fingerprint density at radius 1 is 1.27 bits per heavy atom. The molecule has 66 valence electrons. The average Bonchev–Trinajstić information content (AvgIpc) is 1.82. The van der Waals surface area contributed by atoms with Gasteiger partial charge in [-0.25, -0.2) is 0 Å². The summed E-state index contributed by atoms with van der Waals surface area (Å²) in [5, 5.41) is 0. The molecule has 0 aromatic heterocycles. The van der Waals surface area contributed by atoms with E-state index in [4.69, 9.17) is 0 Å². The Morgan fingerprint density at radius 3 is 1.73 bits per heavy atom. The Hall–Kier alpha value is -0.0800. The second kappa shape index (κ2) is 3.55. The molecule has 0 spiro atoms. The molecule has 0 amide bonds. The Morgan fingerprint density at radius 2 is 1.64 bits per heavy atom. The fraction of sp³-hybridized carbons (Fsp3) is 0.500. The van der Waals surface area contributed by atoms with Crippen LogP contribution in [0.25, 0.3) is 0 Å². The van der Waals surface area contributed by atoms with E-state index in [2.05, 4.69) is 0 Å². The van der Waals surface area contributed by atoms with Crippen molar-refractivity contribution in [1.29, 1.82) is 0 Å². The molecule has 0 bridgehead atoms. The predicted molar refractivity (Wildman–Crippen MR) is 37.1 cm³/mol. The smallest absolute Gasteiger partial charge is 0.292 e. The van der Waals surface area contributed by atoms with Crippen LogP contribution in [0, 0.1) is 0 Å². The van der Waals surface area contributed by atoms with Gasteiger partial charge in [0.25, 0.3) is 5.83 Å². The summed E-state index contributed by atoms with van der Waals surface area (Å²) < 4.78 is 58.5. The summed E-state index contributed by atoms with van der Waals surface area (Å²) in [4.78, 5) is 0. The van der Waals surface area contributed by atoms with Crippen LogP contribution in [0.5, 0.6) is 0 Å². The lowest BCUT2D eigenvalue weighted by molar-refractivity contribution is -0.112. The highest BCUT2D eigenvalue weighted by Crippen LogP contribution is 2.31. The molecule has 0 aliphatic rings. The first-order valence-corrected chi connectivity index (χ1v) is 3.25. The molecule has 0 rings (SSSR count). The number of allylic oxidation sites excluding steroid dienone is 1. The topological polar surface area (TPSA) is 3.24 Å². The van der Waals surface area contributed by atoms with E-state index < -0.39 is 18.0 Å². The summed E-state index contributed by atoms with van der Waals surface area (Å²) >= 11 is 1.18. The molecule has 7 heteroatoms. The Bertz CT molecular complexity index is 172. The van der Waals surface area contributed by atoms with E-state index in [9.17, 15) is 22.0 Å². The summed E-state index contributed by atoms with van der Waals surface area (Å²) in [6, 6.07) is 0. The van der Waals surface area contributed by atoms with E-state index in [1.54, 1.807) is 0 Å². The molecule has 11 heavy (non-hydrogen) atoms. The quantitative estimate of drug-likeness (QED) is 0.310. The van der Waals surface area contributed by atoms with E-state index in [0.717, 1.165) is 7.05 Å². The van der Waals surface area contributed by atoms with Crippen molar-refractivity contribution in [3.63, 3.8) is 0 Å². The van der Waals surface area contributed by atoms with Crippen LogP contribution in [0.1, 0.15) is 0 Å². The Labute approximate surface area is 73.4 Å². The van der Waals surface area contributed by atoms with E-state index >= 15 is 0 Å². The first-order valence-electron chi connectivity index (χ1n) is 2.28. The fourth-order valence-electron chi connectivity index (χ4n) is 0.252. The minimum absolute atomic E-state index is 0.376. The van der Waals surface area contributed by atoms with Crippen LogP contribution in [-0.4, -0.2) is 16.3 Å². The lowest BCUT2D eigenvalue weighted by atomic mass is 10.5. The largest absolute Gasteiger partial charge is 0.447 e. The van der Waals surface area contributed by atoms with Crippen molar-refractivity contribution in [1.82, 2.24) is 3.11 Å². The van der Waals surface area contributed by atoms with Crippen molar-refractivity contribution >= 4 is 22.9 Å². The first kappa shape index (κ1) is 10.9. The van der Waals surface area contributed by atoms with Crippen molar-refractivity contribution in [2.24, 2.45) is 0 Å². The number of rotatable bonds is 1. The highest BCUT2D eigenvalue weighted by atomic mass is 127. The van der Waals surface area contributed by atoms with Gasteiger partial charge in [0.2, 0.25) is 5.95 Å². The Balaban J connectivity index is 4.67.